The molecule has 0 radical (unpaired) electrons. The van der Waals surface area contributed by atoms with Crippen LogP contribution in [-0.4, -0.2) is 18.1 Å². The lowest BCUT2D eigenvalue weighted by molar-refractivity contribution is -0.124. The Labute approximate surface area is 147 Å². The Hall–Kier alpha value is -2.62. The van der Waals surface area contributed by atoms with Crippen LogP contribution in [0.3, 0.4) is 0 Å². The standard InChI is InChI=1S/C21H21FN2O/c1-20(2)16-8-4-6-10-18(16)24-14-12-19(25)23-21(20,24)13-11-15-7-3-5-9-17(15)22/h3-11,13H,12,14H2,1-2H3,(H,23,25). The van der Waals surface area contributed by atoms with E-state index in [2.05, 4.69) is 36.2 Å². The molecule has 0 saturated carbocycles. The van der Waals surface area contributed by atoms with Crippen LogP contribution < -0.4 is 10.2 Å². The molecule has 1 unspecified atom stereocenters. The highest BCUT2D eigenvalue weighted by Crippen LogP contribution is 2.52. The molecule has 0 aromatic heterocycles. The molecule has 3 nitrogen and oxygen atoms in total. The lowest BCUT2D eigenvalue weighted by atomic mass is 9.74. The van der Waals surface area contributed by atoms with E-state index in [1.165, 1.54) is 11.6 Å². The van der Waals surface area contributed by atoms with Gasteiger partial charge in [-0.3, -0.25) is 4.79 Å². The zero-order valence-corrected chi connectivity index (χ0v) is 14.4. The molecular formula is C21H21FN2O. The van der Waals surface area contributed by atoms with Crippen LogP contribution in [-0.2, 0) is 10.2 Å². The third-order valence-corrected chi connectivity index (χ3v) is 5.55. The second-order valence-corrected chi connectivity index (χ2v) is 7.21. The van der Waals surface area contributed by atoms with Crippen molar-refractivity contribution in [2.24, 2.45) is 0 Å². The lowest BCUT2D eigenvalue weighted by Gasteiger charge is -2.49. The molecule has 2 aromatic rings. The molecule has 25 heavy (non-hydrogen) atoms. The Morgan fingerprint density at radius 3 is 2.64 bits per heavy atom. The van der Waals surface area contributed by atoms with E-state index in [4.69, 9.17) is 0 Å². The molecule has 2 aromatic carbocycles. The predicted molar refractivity (Wildman–Crippen MR) is 97.7 cm³/mol. The van der Waals surface area contributed by atoms with Gasteiger partial charge in [0.2, 0.25) is 5.91 Å². The summed E-state index contributed by atoms with van der Waals surface area (Å²) >= 11 is 0. The van der Waals surface area contributed by atoms with Crippen LogP contribution in [0.15, 0.2) is 54.6 Å². The van der Waals surface area contributed by atoms with Crippen LogP contribution in [0.4, 0.5) is 10.1 Å². The van der Waals surface area contributed by atoms with E-state index < -0.39 is 5.66 Å². The van der Waals surface area contributed by atoms with Crippen molar-refractivity contribution in [1.82, 2.24) is 5.32 Å². The molecule has 0 aliphatic carbocycles. The monoisotopic (exact) mass is 336 g/mol. The first-order chi connectivity index (χ1) is 12.0. The molecule has 0 spiro atoms. The van der Waals surface area contributed by atoms with Crippen molar-refractivity contribution in [3.8, 4) is 0 Å². The molecule has 1 saturated heterocycles. The number of rotatable bonds is 2. The highest BCUT2D eigenvalue weighted by Gasteiger charge is 2.57. The number of halogens is 1. The fraction of sp³-hybridized carbons (Fsp3) is 0.286. The Bertz CT molecular complexity index is 874. The average molecular weight is 336 g/mol. The second kappa shape index (κ2) is 5.45. The van der Waals surface area contributed by atoms with Crippen LogP contribution in [0.25, 0.3) is 6.08 Å². The van der Waals surface area contributed by atoms with Gasteiger partial charge < -0.3 is 10.2 Å². The second-order valence-electron chi connectivity index (χ2n) is 7.21. The maximum Gasteiger partial charge on any atom is 0.223 e. The topological polar surface area (TPSA) is 32.3 Å². The third-order valence-electron chi connectivity index (χ3n) is 5.55. The van der Waals surface area contributed by atoms with Gasteiger partial charge in [0.25, 0.3) is 0 Å². The molecule has 128 valence electrons. The normalized spacial score (nSPS) is 24.1. The van der Waals surface area contributed by atoms with E-state index in [9.17, 15) is 9.18 Å². The molecule has 0 bridgehead atoms. The summed E-state index contributed by atoms with van der Waals surface area (Å²) in [6, 6.07) is 14.9. The molecule has 2 aliphatic heterocycles. The van der Waals surface area contributed by atoms with Gasteiger partial charge in [-0.25, -0.2) is 4.39 Å². The fourth-order valence-corrected chi connectivity index (χ4v) is 4.14. The maximum atomic E-state index is 14.1. The molecule has 4 rings (SSSR count). The zero-order valence-electron chi connectivity index (χ0n) is 14.4. The fourth-order valence-electron chi connectivity index (χ4n) is 4.14. The first kappa shape index (κ1) is 15.9. The highest BCUT2D eigenvalue weighted by molar-refractivity contribution is 5.84. The molecule has 1 amide bonds. The molecule has 1 atom stereocenters. The summed E-state index contributed by atoms with van der Waals surface area (Å²) in [7, 11) is 0. The number of nitrogens with one attached hydrogen (secondary N) is 1. The number of hydrogen-bond acceptors (Lipinski definition) is 2. The van der Waals surface area contributed by atoms with Crippen molar-refractivity contribution in [2.45, 2.75) is 31.3 Å². The molecule has 2 aliphatic rings. The van der Waals surface area contributed by atoms with Gasteiger partial charge in [-0.1, -0.05) is 56.3 Å². The van der Waals surface area contributed by atoms with Crippen LogP contribution in [0.1, 0.15) is 31.4 Å². The molecular weight excluding hydrogens is 315 g/mol. The van der Waals surface area contributed by atoms with Crippen molar-refractivity contribution < 1.29 is 9.18 Å². The largest absolute Gasteiger partial charge is 0.344 e. The lowest BCUT2D eigenvalue weighted by Crippen LogP contribution is -2.68. The SMILES string of the molecule is CC1(C)c2ccccc2N2CCC(=O)NC21C=Cc1ccccc1F. The Morgan fingerprint density at radius 2 is 1.84 bits per heavy atom. The van der Waals surface area contributed by atoms with E-state index in [0.29, 0.717) is 18.5 Å². The van der Waals surface area contributed by atoms with Crippen LogP contribution in [0.2, 0.25) is 0 Å². The summed E-state index contributed by atoms with van der Waals surface area (Å²) in [5.74, 6) is -0.243. The van der Waals surface area contributed by atoms with Gasteiger partial charge in [0, 0.05) is 29.6 Å². The first-order valence-corrected chi connectivity index (χ1v) is 8.58. The number of fused-ring (bicyclic) bond motifs is 3. The minimum absolute atomic E-state index is 0.0234. The van der Waals surface area contributed by atoms with Gasteiger partial charge in [-0.15, -0.1) is 0 Å². The molecule has 1 fully saturated rings. The summed E-state index contributed by atoms with van der Waals surface area (Å²) in [5, 5.41) is 3.20. The smallest absolute Gasteiger partial charge is 0.223 e. The average Bonchev–Trinajstić information content (AvgIpc) is 2.79. The van der Waals surface area contributed by atoms with E-state index in [0.717, 1.165) is 5.69 Å². The van der Waals surface area contributed by atoms with Gasteiger partial charge in [-0.2, -0.15) is 0 Å². The number of benzene rings is 2. The van der Waals surface area contributed by atoms with Gasteiger partial charge >= 0.3 is 0 Å². The maximum absolute atomic E-state index is 14.1. The van der Waals surface area contributed by atoms with E-state index >= 15 is 0 Å². The number of carbonyl (C=O) groups is 1. The molecule has 1 N–H and O–H groups in total. The number of hydrogen-bond donors (Lipinski definition) is 1. The van der Waals surface area contributed by atoms with Crippen molar-refractivity contribution in [3.05, 3.63) is 71.6 Å². The Morgan fingerprint density at radius 1 is 1.12 bits per heavy atom. The summed E-state index contributed by atoms with van der Waals surface area (Å²) in [5.41, 5.74) is 1.79. The van der Waals surface area contributed by atoms with Gasteiger partial charge in [0.1, 0.15) is 11.5 Å². The van der Waals surface area contributed by atoms with Crippen LogP contribution in [0, 0.1) is 5.82 Å². The number of amides is 1. The quantitative estimate of drug-likeness (QED) is 0.903. The Kier molecular flexibility index (Phi) is 3.46. The predicted octanol–water partition coefficient (Wildman–Crippen LogP) is 3.85. The highest BCUT2D eigenvalue weighted by atomic mass is 19.1. The van der Waals surface area contributed by atoms with Gasteiger partial charge in [-0.05, 0) is 23.8 Å². The first-order valence-electron chi connectivity index (χ1n) is 8.58. The summed E-state index contributed by atoms with van der Waals surface area (Å²) in [6.45, 7) is 4.90. The minimum Gasteiger partial charge on any atom is -0.344 e. The number of carbonyl (C=O) groups excluding carboxylic acids is 1. The number of para-hydroxylation sites is 1. The number of nitrogens with zero attached hydrogens (tertiary/aromatic N) is 1. The van der Waals surface area contributed by atoms with Crippen LogP contribution in [0.5, 0.6) is 0 Å². The molecule has 2 heterocycles. The van der Waals surface area contributed by atoms with Crippen molar-refractivity contribution in [3.63, 3.8) is 0 Å². The van der Waals surface area contributed by atoms with E-state index in [-0.39, 0.29) is 17.1 Å². The summed E-state index contributed by atoms with van der Waals surface area (Å²) in [4.78, 5) is 14.5. The minimum atomic E-state index is -0.700. The van der Waals surface area contributed by atoms with Gasteiger partial charge in [0.05, 0.1) is 0 Å². The summed E-state index contributed by atoms with van der Waals surface area (Å²) < 4.78 is 14.1. The van der Waals surface area contributed by atoms with Crippen molar-refractivity contribution in [1.29, 1.82) is 0 Å². The van der Waals surface area contributed by atoms with E-state index in [1.807, 2.05) is 24.3 Å². The summed E-state index contributed by atoms with van der Waals surface area (Å²) in [6.07, 6.45) is 4.18. The van der Waals surface area contributed by atoms with Crippen molar-refractivity contribution >= 4 is 17.7 Å². The van der Waals surface area contributed by atoms with Gasteiger partial charge in [0.15, 0.2) is 0 Å². The van der Waals surface area contributed by atoms with Crippen molar-refractivity contribution in [2.75, 3.05) is 11.4 Å². The molecule has 4 heteroatoms. The zero-order chi connectivity index (χ0) is 17.7. The van der Waals surface area contributed by atoms with E-state index in [1.54, 1.807) is 18.2 Å². The van der Waals surface area contributed by atoms with Crippen LogP contribution >= 0.6 is 0 Å². The Balaban J connectivity index is 1.86. The number of anilines is 1. The third kappa shape index (κ3) is 2.20.